The number of rotatable bonds is 5. The summed E-state index contributed by atoms with van der Waals surface area (Å²) in [6.07, 6.45) is 0.711. The lowest BCUT2D eigenvalue weighted by Gasteiger charge is -2.15. The van der Waals surface area contributed by atoms with E-state index in [1.54, 1.807) is 13.2 Å². The molecule has 0 aromatic heterocycles. The molecule has 0 atom stereocenters. The highest BCUT2D eigenvalue weighted by molar-refractivity contribution is 6.32. The second-order valence-corrected chi connectivity index (χ2v) is 4.06. The summed E-state index contributed by atoms with van der Waals surface area (Å²) in [5, 5.41) is 0.479. The van der Waals surface area contributed by atoms with Gasteiger partial charge in [0, 0.05) is 11.6 Å². The van der Waals surface area contributed by atoms with Crippen molar-refractivity contribution in [3.05, 3.63) is 22.7 Å². The average molecular weight is 243 g/mol. The summed E-state index contributed by atoms with van der Waals surface area (Å²) in [6, 6.07) is 3.52. The molecule has 3 nitrogen and oxygen atoms in total. The van der Waals surface area contributed by atoms with Gasteiger partial charge in [0.25, 0.3) is 0 Å². The molecule has 0 saturated carbocycles. The van der Waals surface area contributed by atoms with Gasteiger partial charge in [0.15, 0.2) is 6.29 Å². The van der Waals surface area contributed by atoms with Gasteiger partial charge in [-0.25, -0.2) is 0 Å². The predicted molar refractivity (Wildman–Crippen MR) is 63.7 cm³/mol. The van der Waals surface area contributed by atoms with Crippen molar-refractivity contribution in [1.82, 2.24) is 0 Å². The zero-order valence-corrected chi connectivity index (χ0v) is 10.4. The van der Waals surface area contributed by atoms with Crippen LogP contribution in [0.5, 0.6) is 11.5 Å². The maximum Gasteiger partial charge on any atom is 0.157 e. The Morgan fingerprint density at radius 1 is 1.38 bits per heavy atom. The van der Waals surface area contributed by atoms with E-state index in [4.69, 9.17) is 21.1 Å². The van der Waals surface area contributed by atoms with Crippen molar-refractivity contribution >= 4 is 17.9 Å². The quantitative estimate of drug-likeness (QED) is 0.745. The van der Waals surface area contributed by atoms with E-state index in [2.05, 4.69) is 0 Å². The number of methoxy groups -OCH3 is 1. The normalized spacial score (nSPS) is 10.3. The number of benzene rings is 1. The second-order valence-electron chi connectivity index (χ2n) is 3.66. The second kappa shape index (κ2) is 5.75. The zero-order valence-electron chi connectivity index (χ0n) is 9.62. The molecule has 16 heavy (non-hydrogen) atoms. The summed E-state index contributed by atoms with van der Waals surface area (Å²) in [5.74, 6) is 1.52. The van der Waals surface area contributed by atoms with Crippen LogP contribution in [0.1, 0.15) is 25.3 Å². The minimum absolute atomic E-state index is 0.0301. The third kappa shape index (κ3) is 2.89. The summed E-state index contributed by atoms with van der Waals surface area (Å²) in [4.78, 5) is 10.3. The smallest absolute Gasteiger partial charge is 0.157 e. The topological polar surface area (TPSA) is 35.5 Å². The molecule has 0 unspecified atom stereocenters. The number of hydrogen-bond donors (Lipinski definition) is 0. The van der Waals surface area contributed by atoms with E-state index in [1.165, 1.54) is 0 Å². The maximum absolute atomic E-state index is 10.3. The average Bonchev–Trinajstić information content (AvgIpc) is 2.25. The SMILES string of the molecule is COc1cc(C(C)C)c(OCC=O)cc1Cl. The van der Waals surface area contributed by atoms with Crippen LogP contribution >= 0.6 is 11.6 Å². The zero-order chi connectivity index (χ0) is 12.1. The van der Waals surface area contributed by atoms with Gasteiger partial charge in [-0.2, -0.15) is 0 Å². The first-order valence-electron chi connectivity index (χ1n) is 5.04. The molecule has 0 aliphatic rings. The van der Waals surface area contributed by atoms with Crippen molar-refractivity contribution in [2.75, 3.05) is 13.7 Å². The first kappa shape index (κ1) is 12.8. The monoisotopic (exact) mass is 242 g/mol. The molecule has 0 saturated heterocycles. The van der Waals surface area contributed by atoms with Crippen molar-refractivity contribution in [2.24, 2.45) is 0 Å². The van der Waals surface area contributed by atoms with Gasteiger partial charge in [0.05, 0.1) is 12.1 Å². The maximum atomic E-state index is 10.3. The predicted octanol–water partition coefficient (Wildman–Crippen LogP) is 3.05. The molecule has 4 heteroatoms. The van der Waals surface area contributed by atoms with E-state index in [0.29, 0.717) is 22.8 Å². The molecule has 0 N–H and O–H groups in total. The molecule has 0 aliphatic carbocycles. The van der Waals surface area contributed by atoms with Crippen LogP contribution < -0.4 is 9.47 Å². The standard InChI is InChI=1S/C12H15ClO3/c1-8(2)9-6-12(15-3)10(13)7-11(9)16-5-4-14/h4,6-8H,5H2,1-3H3. The Labute approximate surface area is 100 Å². The molecule has 0 bridgehead atoms. The van der Waals surface area contributed by atoms with Crippen molar-refractivity contribution in [1.29, 1.82) is 0 Å². The number of hydrogen-bond acceptors (Lipinski definition) is 3. The van der Waals surface area contributed by atoms with Crippen LogP contribution in [0.4, 0.5) is 0 Å². The molecule has 88 valence electrons. The molecule has 0 spiro atoms. The van der Waals surface area contributed by atoms with Crippen molar-refractivity contribution < 1.29 is 14.3 Å². The highest BCUT2D eigenvalue weighted by atomic mass is 35.5. The molecule has 1 aromatic rings. The first-order chi connectivity index (χ1) is 7.60. The summed E-state index contributed by atoms with van der Waals surface area (Å²) in [5.41, 5.74) is 0.975. The number of halogens is 1. The Morgan fingerprint density at radius 2 is 2.06 bits per heavy atom. The Kier molecular flexibility index (Phi) is 4.62. The molecule has 0 aliphatic heterocycles. The van der Waals surface area contributed by atoms with Gasteiger partial charge >= 0.3 is 0 Å². The molecule has 0 radical (unpaired) electrons. The fourth-order valence-corrected chi connectivity index (χ4v) is 1.64. The fourth-order valence-electron chi connectivity index (χ4n) is 1.41. The lowest BCUT2D eigenvalue weighted by molar-refractivity contribution is -0.109. The molecule has 1 aromatic carbocycles. The minimum atomic E-state index is 0.0301. The van der Waals surface area contributed by atoms with Crippen LogP contribution in [0.15, 0.2) is 12.1 Å². The van der Waals surface area contributed by atoms with Crippen LogP contribution in [0, 0.1) is 0 Å². The van der Waals surface area contributed by atoms with Gasteiger partial charge in [-0.1, -0.05) is 25.4 Å². The fraction of sp³-hybridized carbons (Fsp3) is 0.417. The largest absolute Gasteiger partial charge is 0.495 e. The van der Waals surface area contributed by atoms with Crippen LogP contribution in [-0.2, 0) is 4.79 Å². The highest BCUT2D eigenvalue weighted by Crippen LogP contribution is 2.36. The van der Waals surface area contributed by atoms with E-state index < -0.39 is 0 Å². The van der Waals surface area contributed by atoms with Gasteiger partial charge in [-0.15, -0.1) is 0 Å². The van der Waals surface area contributed by atoms with Crippen molar-refractivity contribution in [2.45, 2.75) is 19.8 Å². The van der Waals surface area contributed by atoms with Crippen molar-refractivity contribution in [3.8, 4) is 11.5 Å². The third-order valence-corrected chi connectivity index (χ3v) is 2.51. The lowest BCUT2D eigenvalue weighted by Crippen LogP contribution is -2.02. The van der Waals surface area contributed by atoms with Gasteiger partial charge in [0.2, 0.25) is 0 Å². The van der Waals surface area contributed by atoms with Gasteiger partial charge in [-0.05, 0) is 12.0 Å². The van der Waals surface area contributed by atoms with E-state index in [0.717, 1.165) is 5.56 Å². The lowest BCUT2D eigenvalue weighted by atomic mass is 10.0. The Morgan fingerprint density at radius 3 is 2.56 bits per heavy atom. The van der Waals surface area contributed by atoms with Gasteiger partial charge in [0.1, 0.15) is 18.1 Å². The highest BCUT2D eigenvalue weighted by Gasteiger charge is 2.13. The Hall–Kier alpha value is -1.22. The molecule has 1 rings (SSSR count). The van der Waals surface area contributed by atoms with Crippen LogP contribution in [0.2, 0.25) is 5.02 Å². The Bertz CT molecular complexity index is 375. The van der Waals surface area contributed by atoms with Gasteiger partial charge < -0.3 is 9.47 Å². The summed E-state index contributed by atoms with van der Waals surface area (Å²) >= 11 is 5.99. The molecule has 0 heterocycles. The van der Waals surface area contributed by atoms with E-state index in [9.17, 15) is 4.79 Å². The number of carbonyl (C=O) groups excluding carboxylic acids is 1. The van der Waals surface area contributed by atoms with Gasteiger partial charge in [-0.3, -0.25) is 4.79 Å². The molecular formula is C12H15ClO3. The van der Waals surface area contributed by atoms with Crippen LogP contribution in [-0.4, -0.2) is 20.0 Å². The van der Waals surface area contributed by atoms with E-state index in [1.807, 2.05) is 19.9 Å². The van der Waals surface area contributed by atoms with E-state index >= 15 is 0 Å². The number of carbonyl (C=O) groups is 1. The molecule has 0 fully saturated rings. The van der Waals surface area contributed by atoms with Crippen molar-refractivity contribution in [3.63, 3.8) is 0 Å². The van der Waals surface area contributed by atoms with Crippen LogP contribution in [0.3, 0.4) is 0 Å². The Balaban J connectivity index is 3.13. The molecule has 0 amide bonds. The summed E-state index contributed by atoms with van der Waals surface area (Å²) in [6.45, 7) is 4.11. The summed E-state index contributed by atoms with van der Waals surface area (Å²) < 4.78 is 10.5. The van der Waals surface area contributed by atoms with Crippen LogP contribution in [0.25, 0.3) is 0 Å². The first-order valence-corrected chi connectivity index (χ1v) is 5.41. The third-order valence-electron chi connectivity index (χ3n) is 2.21. The van der Waals surface area contributed by atoms with E-state index in [-0.39, 0.29) is 12.5 Å². The molecular weight excluding hydrogens is 228 g/mol. The number of aldehydes is 1. The number of ether oxygens (including phenoxy) is 2. The summed E-state index contributed by atoms with van der Waals surface area (Å²) in [7, 11) is 1.57. The minimum Gasteiger partial charge on any atom is -0.495 e.